The van der Waals surface area contributed by atoms with E-state index in [1.807, 2.05) is 0 Å². The number of methoxy groups -OCH3 is 1. The van der Waals surface area contributed by atoms with Crippen LogP contribution >= 0.6 is 0 Å². The van der Waals surface area contributed by atoms with Crippen molar-refractivity contribution >= 4 is 0 Å². The van der Waals surface area contributed by atoms with E-state index in [1.165, 1.54) is 24.3 Å². The summed E-state index contributed by atoms with van der Waals surface area (Å²) in [5, 5.41) is 12.5. The Balaban J connectivity index is 2.75. The number of nitrogens with one attached hydrogen (secondary N) is 1. The lowest BCUT2D eigenvalue weighted by Gasteiger charge is -2.15. The highest BCUT2D eigenvalue weighted by Gasteiger charge is 2.05. The molecule has 0 fully saturated rings. The Labute approximate surface area is 124 Å². The first-order valence-corrected chi connectivity index (χ1v) is 6.08. The first kappa shape index (κ1) is 8.95. The summed E-state index contributed by atoms with van der Waals surface area (Å²) in [4.78, 5) is 0. The average molecular weight is 273 g/mol. The highest BCUT2D eigenvalue weighted by molar-refractivity contribution is 5.27. The Morgan fingerprint density at radius 1 is 1.32 bits per heavy atom. The molecular formula is C15H25NO3. The molecular weight excluding hydrogens is 242 g/mol. The van der Waals surface area contributed by atoms with Crippen molar-refractivity contribution in [2.45, 2.75) is 32.4 Å². The third kappa shape index (κ3) is 7.15. The van der Waals surface area contributed by atoms with Gasteiger partial charge in [0.05, 0.1) is 9.30 Å². The standard InChI is InChI=1S/C15H25NO3/c1-12(2)16-10-14(17)11-19-15-6-4-13(5-7-15)8-9-18-3/h4-7,12,14,16-17H,8-11H2,1-3H3/i8D2,9D2,10D2. The molecule has 0 saturated carbocycles. The van der Waals surface area contributed by atoms with Crippen LogP contribution in [0.2, 0.25) is 0 Å². The van der Waals surface area contributed by atoms with E-state index in [1.54, 1.807) is 13.8 Å². The number of rotatable bonds is 9. The second kappa shape index (κ2) is 8.91. The molecule has 1 aromatic rings. The first-order chi connectivity index (χ1) is 11.3. The van der Waals surface area contributed by atoms with Gasteiger partial charge in [0.1, 0.15) is 18.5 Å². The predicted octanol–water partition coefficient (Wildman–Crippen LogP) is 1.61. The maximum Gasteiger partial charge on any atom is 0.119 e. The SMILES string of the molecule is [2H]C([2H])(NC(C)C)C(O)COc1ccc(C([2H])([2H])C([2H])([2H])OC)cc1. The molecule has 19 heavy (non-hydrogen) atoms. The molecule has 0 amide bonds. The molecule has 0 heterocycles. The van der Waals surface area contributed by atoms with Crippen LogP contribution in [0, 0.1) is 0 Å². The van der Waals surface area contributed by atoms with Gasteiger partial charge in [-0.15, -0.1) is 0 Å². The van der Waals surface area contributed by atoms with Crippen LogP contribution < -0.4 is 10.1 Å². The summed E-state index contributed by atoms with van der Waals surface area (Å²) in [6.45, 7) is -1.28. The summed E-state index contributed by atoms with van der Waals surface area (Å²) in [7, 11) is 1.09. The molecule has 2 N–H and O–H groups in total. The van der Waals surface area contributed by atoms with Crippen LogP contribution in [0.1, 0.15) is 27.6 Å². The summed E-state index contributed by atoms with van der Waals surface area (Å²) in [6.07, 6.45) is -3.76. The zero-order valence-electron chi connectivity index (χ0n) is 17.4. The van der Waals surface area contributed by atoms with Gasteiger partial charge in [-0.1, -0.05) is 26.0 Å². The maximum absolute atomic E-state index is 9.92. The van der Waals surface area contributed by atoms with E-state index in [9.17, 15) is 5.11 Å². The van der Waals surface area contributed by atoms with Crippen molar-refractivity contribution in [2.24, 2.45) is 0 Å². The van der Waals surface area contributed by atoms with Crippen LogP contribution in [0.25, 0.3) is 0 Å². The molecule has 1 atom stereocenters. The van der Waals surface area contributed by atoms with Crippen LogP contribution in [0.4, 0.5) is 0 Å². The highest BCUT2D eigenvalue weighted by Crippen LogP contribution is 2.12. The van der Waals surface area contributed by atoms with E-state index in [2.05, 4.69) is 10.1 Å². The van der Waals surface area contributed by atoms with Crippen LogP contribution in [0.3, 0.4) is 0 Å². The van der Waals surface area contributed by atoms with E-state index in [0.717, 1.165) is 7.11 Å². The number of hydrogen-bond donors (Lipinski definition) is 2. The monoisotopic (exact) mass is 273 g/mol. The average Bonchev–Trinajstić information content (AvgIpc) is 2.51. The summed E-state index contributed by atoms with van der Waals surface area (Å²) in [5.74, 6) is 0.303. The van der Waals surface area contributed by atoms with Gasteiger partial charge in [-0.3, -0.25) is 0 Å². The van der Waals surface area contributed by atoms with E-state index in [4.69, 9.17) is 13.0 Å². The van der Waals surface area contributed by atoms with E-state index in [0.29, 0.717) is 5.75 Å². The molecule has 4 nitrogen and oxygen atoms in total. The van der Waals surface area contributed by atoms with Crippen molar-refractivity contribution in [3.8, 4) is 5.75 Å². The Morgan fingerprint density at radius 3 is 2.58 bits per heavy atom. The quantitative estimate of drug-likeness (QED) is 0.718. The number of ether oxygens (including phenoxy) is 2. The third-order valence-electron chi connectivity index (χ3n) is 2.10. The van der Waals surface area contributed by atoms with E-state index >= 15 is 0 Å². The maximum atomic E-state index is 9.92. The van der Waals surface area contributed by atoms with Gasteiger partial charge < -0.3 is 19.9 Å². The molecule has 1 unspecified atom stereocenters. The van der Waals surface area contributed by atoms with Crippen molar-refractivity contribution in [1.82, 2.24) is 5.32 Å². The lowest BCUT2D eigenvalue weighted by molar-refractivity contribution is 0.104. The lowest BCUT2D eigenvalue weighted by Crippen LogP contribution is -2.35. The fourth-order valence-electron chi connectivity index (χ4n) is 1.22. The number of aliphatic hydroxyl groups excluding tert-OH is 1. The molecule has 0 saturated heterocycles. The van der Waals surface area contributed by atoms with Crippen molar-refractivity contribution in [3.63, 3.8) is 0 Å². The Hall–Kier alpha value is -1.10. The van der Waals surface area contributed by atoms with Crippen molar-refractivity contribution in [3.05, 3.63) is 29.8 Å². The molecule has 0 aliphatic rings. The molecule has 108 valence electrons. The topological polar surface area (TPSA) is 50.7 Å². The molecule has 0 spiro atoms. The summed E-state index contributed by atoms with van der Waals surface area (Å²) < 4.78 is 56.4. The van der Waals surface area contributed by atoms with Gasteiger partial charge in [0, 0.05) is 25.1 Å². The minimum absolute atomic E-state index is 0.0732. The van der Waals surface area contributed by atoms with Crippen molar-refractivity contribution < 1.29 is 22.8 Å². The minimum Gasteiger partial charge on any atom is -0.491 e. The molecule has 0 aromatic heterocycles. The minimum atomic E-state index is -2.50. The van der Waals surface area contributed by atoms with E-state index < -0.39 is 25.5 Å². The van der Waals surface area contributed by atoms with Gasteiger partial charge in [-0.2, -0.15) is 0 Å². The Bertz CT molecular complexity index is 551. The van der Waals surface area contributed by atoms with Gasteiger partial charge in [0.2, 0.25) is 0 Å². The zero-order valence-corrected chi connectivity index (χ0v) is 11.4. The molecule has 0 aliphatic carbocycles. The fraction of sp³-hybridized carbons (Fsp3) is 0.600. The van der Waals surface area contributed by atoms with Crippen LogP contribution in [0.15, 0.2) is 24.3 Å². The number of benzene rings is 1. The van der Waals surface area contributed by atoms with E-state index in [-0.39, 0.29) is 18.2 Å². The lowest BCUT2D eigenvalue weighted by atomic mass is 10.1. The molecule has 0 aliphatic heterocycles. The summed E-state index contributed by atoms with van der Waals surface area (Å²) >= 11 is 0. The number of aliphatic hydroxyl groups is 1. The Morgan fingerprint density at radius 2 is 2.00 bits per heavy atom. The Kier molecular flexibility index (Phi) is 4.20. The smallest absolute Gasteiger partial charge is 0.119 e. The fourth-order valence-corrected chi connectivity index (χ4v) is 1.22. The first-order valence-electron chi connectivity index (χ1n) is 9.08. The normalized spacial score (nSPS) is 19.6. The molecule has 1 rings (SSSR count). The molecule has 4 heteroatoms. The van der Waals surface area contributed by atoms with Gasteiger partial charge >= 0.3 is 0 Å². The predicted molar refractivity (Wildman–Crippen MR) is 76.7 cm³/mol. The second-order valence-corrected chi connectivity index (χ2v) is 4.23. The second-order valence-electron chi connectivity index (χ2n) is 4.23. The largest absolute Gasteiger partial charge is 0.491 e. The highest BCUT2D eigenvalue weighted by atomic mass is 16.5. The molecule has 0 radical (unpaired) electrons. The molecule has 1 aromatic carbocycles. The number of aryl methyl sites for hydroxylation is 1. The van der Waals surface area contributed by atoms with Gasteiger partial charge in [-0.25, -0.2) is 0 Å². The van der Waals surface area contributed by atoms with Crippen LogP contribution in [-0.4, -0.2) is 44.0 Å². The van der Waals surface area contributed by atoms with Crippen molar-refractivity contribution in [1.29, 1.82) is 0 Å². The van der Waals surface area contributed by atoms with Gasteiger partial charge in [0.25, 0.3) is 0 Å². The third-order valence-corrected chi connectivity index (χ3v) is 2.10. The van der Waals surface area contributed by atoms with Crippen LogP contribution in [0.5, 0.6) is 5.75 Å². The van der Waals surface area contributed by atoms with Crippen molar-refractivity contribution in [2.75, 3.05) is 26.8 Å². The molecule has 0 bridgehead atoms. The van der Waals surface area contributed by atoms with Gasteiger partial charge in [0.15, 0.2) is 0 Å². The summed E-state index contributed by atoms with van der Waals surface area (Å²) in [5.41, 5.74) is 0.0732. The number of hydrogen-bond acceptors (Lipinski definition) is 4. The van der Waals surface area contributed by atoms with Gasteiger partial charge in [-0.05, 0) is 24.1 Å². The summed E-state index contributed by atoms with van der Waals surface area (Å²) in [6, 6.07) is 5.43. The van der Waals surface area contributed by atoms with Crippen LogP contribution in [-0.2, 0) is 11.1 Å². The zero-order chi connectivity index (χ0) is 19.5.